The van der Waals surface area contributed by atoms with Crippen LogP contribution in [0.15, 0.2) is 53.8 Å². The minimum absolute atomic E-state index is 0. The fourth-order valence-corrected chi connectivity index (χ4v) is 3.25. The van der Waals surface area contributed by atoms with Crippen molar-refractivity contribution >= 4 is 35.6 Å². The zero-order valence-corrected chi connectivity index (χ0v) is 18.3. The van der Waals surface area contributed by atoms with Crippen LogP contribution in [0, 0.1) is 0 Å². The number of pyridine rings is 1. The van der Waals surface area contributed by atoms with Crippen LogP contribution >= 0.6 is 24.0 Å². The molecular formula is C20H28IN5O. The maximum absolute atomic E-state index is 5.49. The third-order valence-corrected chi connectivity index (χ3v) is 4.64. The van der Waals surface area contributed by atoms with Crippen molar-refractivity contribution in [2.24, 2.45) is 4.99 Å². The van der Waals surface area contributed by atoms with E-state index in [9.17, 15) is 0 Å². The molecule has 0 saturated carbocycles. The lowest BCUT2D eigenvalue weighted by molar-refractivity contribution is 0.367. The Morgan fingerprint density at radius 1 is 1.15 bits per heavy atom. The van der Waals surface area contributed by atoms with E-state index >= 15 is 0 Å². The van der Waals surface area contributed by atoms with Crippen LogP contribution in [0.5, 0.6) is 5.75 Å². The Morgan fingerprint density at radius 3 is 2.59 bits per heavy atom. The molecular weight excluding hydrogens is 453 g/mol. The standard InChI is InChI=1S/C20H27N5O.HI/c1-21-20(23-11-9-17-6-5-10-22-16-17)25-14-12-24(13-15-25)18-7-3-4-8-19(18)26-2;/h3-8,10,16H,9,11-15H2,1-2H3,(H,21,23);1H. The van der Waals surface area contributed by atoms with Crippen molar-refractivity contribution in [2.75, 3.05) is 51.8 Å². The molecule has 0 amide bonds. The van der Waals surface area contributed by atoms with Crippen molar-refractivity contribution < 1.29 is 4.74 Å². The molecule has 0 aliphatic carbocycles. The lowest BCUT2D eigenvalue weighted by Gasteiger charge is -2.38. The molecule has 1 saturated heterocycles. The number of anilines is 1. The molecule has 27 heavy (non-hydrogen) atoms. The van der Waals surface area contributed by atoms with Gasteiger partial charge in [-0.1, -0.05) is 18.2 Å². The number of piperazine rings is 1. The first-order valence-electron chi connectivity index (χ1n) is 9.04. The maximum atomic E-state index is 5.49. The predicted octanol–water partition coefficient (Wildman–Crippen LogP) is 2.65. The van der Waals surface area contributed by atoms with Gasteiger partial charge in [0.25, 0.3) is 0 Å². The van der Waals surface area contributed by atoms with E-state index in [1.54, 1.807) is 13.3 Å². The molecule has 2 heterocycles. The van der Waals surface area contributed by atoms with Gasteiger partial charge in [0.15, 0.2) is 5.96 Å². The summed E-state index contributed by atoms with van der Waals surface area (Å²) in [6.45, 7) is 4.62. The summed E-state index contributed by atoms with van der Waals surface area (Å²) in [6, 6.07) is 12.3. The number of nitrogens with zero attached hydrogens (tertiary/aromatic N) is 4. The summed E-state index contributed by atoms with van der Waals surface area (Å²) in [6.07, 6.45) is 4.65. The Morgan fingerprint density at radius 2 is 1.93 bits per heavy atom. The fraction of sp³-hybridized carbons (Fsp3) is 0.400. The van der Waals surface area contributed by atoms with Crippen LogP contribution in [-0.2, 0) is 6.42 Å². The van der Waals surface area contributed by atoms with E-state index in [-0.39, 0.29) is 24.0 Å². The van der Waals surface area contributed by atoms with Crippen LogP contribution in [0.4, 0.5) is 5.69 Å². The van der Waals surface area contributed by atoms with Crippen LogP contribution < -0.4 is 15.0 Å². The van der Waals surface area contributed by atoms with Gasteiger partial charge in [-0.25, -0.2) is 0 Å². The molecule has 0 atom stereocenters. The number of aromatic nitrogens is 1. The van der Waals surface area contributed by atoms with Crippen molar-refractivity contribution in [3.8, 4) is 5.75 Å². The Bertz CT molecular complexity index is 717. The summed E-state index contributed by atoms with van der Waals surface area (Å²) in [5.74, 6) is 1.90. The minimum Gasteiger partial charge on any atom is -0.495 e. The van der Waals surface area contributed by atoms with Crippen LogP contribution in [-0.4, -0.2) is 62.7 Å². The quantitative estimate of drug-likeness (QED) is 0.405. The molecule has 1 aliphatic rings. The molecule has 2 aromatic rings. The molecule has 7 heteroatoms. The second-order valence-electron chi connectivity index (χ2n) is 6.23. The van der Waals surface area contributed by atoms with Crippen LogP contribution in [0.1, 0.15) is 5.56 Å². The van der Waals surface area contributed by atoms with Gasteiger partial charge in [0, 0.05) is 52.2 Å². The number of hydrogen-bond acceptors (Lipinski definition) is 4. The summed E-state index contributed by atoms with van der Waals surface area (Å²) in [4.78, 5) is 13.3. The molecule has 3 rings (SSSR count). The van der Waals surface area contributed by atoms with E-state index in [0.717, 1.165) is 56.5 Å². The van der Waals surface area contributed by atoms with Crippen molar-refractivity contribution in [1.29, 1.82) is 0 Å². The number of nitrogens with one attached hydrogen (secondary N) is 1. The number of benzene rings is 1. The third kappa shape index (κ3) is 5.72. The lowest BCUT2D eigenvalue weighted by Crippen LogP contribution is -2.52. The molecule has 1 aromatic heterocycles. The largest absolute Gasteiger partial charge is 0.495 e. The summed E-state index contributed by atoms with van der Waals surface area (Å²) in [7, 11) is 3.57. The van der Waals surface area contributed by atoms with E-state index < -0.39 is 0 Å². The maximum Gasteiger partial charge on any atom is 0.193 e. The van der Waals surface area contributed by atoms with Gasteiger partial charge in [0.2, 0.25) is 0 Å². The second kappa shape index (κ2) is 11.0. The van der Waals surface area contributed by atoms with Crippen LogP contribution in [0.3, 0.4) is 0 Å². The summed E-state index contributed by atoms with van der Waals surface area (Å²) >= 11 is 0. The Labute approximate surface area is 178 Å². The highest BCUT2D eigenvalue weighted by molar-refractivity contribution is 14.0. The first-order valence-corrected chi connectivity index (χ1v) is 9.04. The first-order chi connectivity index (χ1) is 12.8. The van der Waals surface area contributed by atoms with E-state index in [1.807, 2.05) is 31.4 Å². The molecule has 1 N–H and O–H groups in total. The van der Waals surface area contributed by atoms with Gasteiger partial charge in [0.05, 0.1) is 12.8 Å². The minimum atomic E-state index is 0. The van der Waals surface area contributed by atoms with Gasteiger partial charge < -0.3 is 19.9 Å². The number of rotatable bonds is 5. The zero-order chi connectivity index (χ0) is 18.2. The van der Waals surface area contributed by atoms with Crippen LogP contribution in [0.25, 0.3) is 0 Å². The number of guanidine groups is 1. The van der Waals surface area contributed by atoms with Gasteiger partial charge in [-0.3, -0.25) is 9.98 Å². The smallest absolute Gasteiger partial charge is 0.193 e. The van der Waals surface area contributed by atoms with Gasteiger partial charge in [0.1, 0.15) is 5.75 Å². The zero-order valence-electron chi connectivity index (χ0n) is 16.0. The highest BCUT2D eigenvalue weighted by Gasteiger charge is 2.21. The number of aliphatic imine (C=N–C) groups is 1. The summed E-state index contributed by atoms with van der Waals surface area (Å²) < 4.78 is 5.49. The molecule has 0 spiro atoms. The average molecular weight is 481 g/mol. The van der Waals surface area contributed by atoms with Crippen molar-refractivity contribution in [3.05, 3.63) is 54.4 Å². The molecule has 1 aliphatic heterocycles. The van der Waals surface area contributed by atoms with E-state index in [2.05, 4.69) is 43.3 Å². The fourth-order valence-electron chi connectivity index (χ4n) is 3.25. The molecule has 0 unspecified atom stereocenters. The van der Waals surface area contributed by atoms with E-state index in [1.165, 1.54) is 5.56 Å². The van der Waals surface area contributed by atoms with Crippen LogP contribution in [0.2, 0.25) is 0 Å². The third-order valence-electron chi connectivity index (χ3n) is 4.64. The molecule has 0 bridgehead atoms. The highest BCUT2D eigenvalue weighted by atomic mass is 127. The predicted molar refractivity (Wildman–Crippen MR) is 121 cm³/mol. The van der Waals surface area contributed by atoms with E-state index in [4.69, 9.17) is 4.74 Å². The Kier molecular flexibility index (Phi) is 8.63. The first kappa shape index (κ1) is 21.3. The molecule has 6 nitrogen and oxygen atoms in total. The number of ether oxygens (including phenoxy) is 1. The van der Waals surface area contributed by atoms with Crippen molar-refractivity contribution in [3.63, 3.8) is 0 Å². The van der Waals surface area contributed by atoms with Gasteiger partial charge in [-0.05, 0) is 30.2 Å². The average Bonchev–Trinajstić information content (AvgIpc) is 2.72. The monoisotopic (exact) mass is 481 g/mol. The topological polar surface area (TPSA) is 53.0 Å². The number of halogens is 1. The van der Waals surface area contributed by atoms with Crippen molar-refractivity contribution in [1.82, 2.24) is 15.2 Å². The lowest BCUT2D eigenvalue weighted by atomic mass is 10.2. The number of hydrogen-bond donors (Lipinski definition) is 1. The van der Waals surface area contributed by atoms with Gasteiger partial charge in [-0.2, -0.15) is 0 Å². The Balaban J connectivity index is 0.00000261. The summed E-state index contributed by atoms with van der Waals surface area (Å²) in [5, 5.41) is 3.47. The van der Waals surface area contributed by atoms with Gasteiger partial charge >= 0.3 is 0 Å². The van der Waals surface area contributed by atoms with Gasteiger partial charge in [-0.15, -0.1) is 24.0 Å². The second-order valence-corrected chi connectivity index (χ2v) is 6.23. The molecule has 1 fully saturated rings. The molecule has 146 valence electrons. The number of methoxy groups -OCH3 is 1. The van der Waals surface area contributed by atoms with E-state index in [0.29, 0.717) is 0 Å². The highest BCUT2D eigenvalue weighted by Crippen LogP contribution is 2.28. The number of para-hydroxylation sites is 2. The Hall–Kier alpha value is -2.03. The SMILES string of the molecule is CN=C(NCCc1cccnc1)N1CCN(c2ccccc2OC)CC1.I. The van der Waals surface area contributed by atoms with Crippen molar-refractivity contribution in [2.45, 2.75) is 6.42 Å². The molecule has 1 aromatic carbocycles. The molecule has 0 radical (unpaired) electrons. The normalized spacial score (nSPS) is 14.5. The summed E-state index contributed by atoms with van der Waals surface area (Å²) in [5.41, 5.74) is 2.39.